The van der Waals surface area contributed by atoms with Crippen LogP contribution >= 0.6 is 11.6 Å². The Balaban J connectivity index is 1.67. The minimum absolute atomic E-state index is 0.0812. The SMILES string of the molecule is COc1ccccc1COc1ccc2c(=O)c(-c3ccc(Cl)cc3)c(C)oc2c1. The van der Waals surface area contributed by atoms with Gasteiger partial charge < -0.3 is 13.9 Å². The Hall–Kier alpha value is -3.24. The number of halogens is 1. The fourth-order valence-electron chi connectivity index (χ4n) is 3.31. The third-order valence-corrected chi connectivity index (χ3v) is 5.01. The molecule has 0 saturated heterocycles. The van der Waals surface area contributed by atoms with Gasteiger partial charge in [0.15, 0.2) is 0 Å². The van der Waals surface area contributed by atoms with E-state index in [1.165, 1.54) is 0 Å². The summed E-state index contributed by atoms with van der Waals surface area (Å²) in [5.74, 6) is 1.93. The van der Waals surface area contributed by atoms with Gasteiger partial charge in [0.2, 0.25) is 5.43 Å². The second kappa shape index (κ2) is 8.02. The van der Waals surface area contributed by atoms with Gasteiger partial charge >= 0.3 is 0 Å². The molecule has 1 aromatic heterocycles. The van der Waals surface area contributed by atoms with Crippen molar-refractivity contribution in [3.8, 4) is 22.6 Å². The maximum absolute atomic E-state index is 13.1. The zero-order chi connectivity index (χ0) is 20.4. The number of rotatable bonds is 5. The van der Waals surface area contributed by atoms with Crippen molar-refractivity contribution >= 4 is 22.6 Å². The number of hydrogen-bond acceptors (Lipinski definition) is 4. The van der Waals surface area contributed by atoms with Gasteiger partial charge in [0.1, 0.15) is 29.4 Å². The summed E-state index contributed by atoms with van der Waals surface area (Å²) >= 11 is 5.96. The molecule has 0 fully saturated rings. The summed E-state index contributed by atoms with van der Waals surface area (Å²) in [6.45, 7) is 2.13. The van der Waals surface area contributed by atoms with Crippen molar-refractivity contribution in [3.63, 3.8) is 0 Å². The first kappa shape index (κ1) is 19.1. The lowest BCUT2D eigenvalue weighted by Gasteiger charge is -2.11. The summed E-state index contributed by atoms with van der Waals surface area (Å²) in [4.78, 5) is 13.1. The van der Waals surface area contributed by atoms with Crippen LogP contribution in [0.15, 0.2) is 75.9 Å². The zero-order valence-corrected chi connectivity index (χ0v) is 16.8. The quantitative estimate of drug-likeness (QED) is 0.407. The topological polar surface area (TPSA) is 48.7 Å². The molecule has 3 aromatic carbocycles. The van der Waals surface area contributed by atoms with Crippen LogP contribution in [-0.4, -0.2) is 7.11 Å². The largest absolute Gasteiger partial charge is 0.496 e. The van der Waals surface area contributed by atoms with Gasteiger partial charge in [0.05, 0.1) is 18.1 Å². The van der Waals surface area contributed by atoms with Gasteiger partial charge in [0, 0.05) is 16.7 Å². The number of fused-ring (bicyclic) bond motifs is 1. The van der Waals surface area contributed by atoms with Crippen LogP contribution in [-0.2, 0) is 6.61 Å². The monoisotopic (exact) mass is 406 g/mol. The fraction of sp³-hybridized carbons (Fsp3) is 0.125. The highest BCUT2D eigenvalue weighted by Gasteiger charge is 2.14. The molecular weight excluding hydrogens is 388 g/mol. The van der Waals surface area contributed by atoms with Gasteiger partial charge in [-0.15, -0.1) is 0 Å². The lowest BCUT2D eigenvalue weighted by Crippen LogP contribution is -2.07. The summed E-state index contributed by atoms with van der Waals surface area (Å²) in [5.41, 5.74) is 2.66. The molecular formula is C24H19ClO4. The number of benzene rings is 3. The van der Waals surface area contributed by atoms with E-state index in [4.69, 9.17) is 25.5 Å². The second-order valence-corrected chi connectivity index (χ2v) is 7.06. The molecule has 0 amide bonds. The number of methoxy groups -OCH3 is 1. The molecule has 0 unspecified atom stereocenters. The zero-order valence-electron chi connectivity index (χ0n) is 16.1. The first-order valence-electron chi connectivity index (χ1n) is 9.15. The summed E-state index contributed by atoms with van der Waals surface area (Å²) < 4.78 is 17.2. The molecule has 0 saturated carbocycles. The van der Waals surface area contributed by atoms with E-state index >= 15 is 0 Å². The molecule has 0 aliphatic heterocycles. The molecule has 1 heterocycles. The number of hydrogen-bond donors (Lipinski definition) is 0. The molecule has 0 aliphatic rings. The normalized spacial score (nSPS) is 10.9. The molecule has 5 heteroatoms. The Morgan fingerprint density at radius 3 is 2.52 bits per heavy atom. The van der Waals surface area contributed by atoms with Crippen molar-refractivity contribution < 1.29 is 13.9 Å². The van der Waals surface area contributed by atoms with Gasteiger partial charge in [-0.3, -0.25) is 4.79 Å². The maximum atomic E-state index is 13.1. The average Bonchev–Trinajstić information content (AvgIpc) is 2.73. The van der Waals surface area contributed by atoms with E-state index in [1.54, 1.807) is 44.4 Å². The number of para-hydroxylation sites is 1. The van der Waals surface area contributed by atoms with E-state index in [9.17, 15) is 4.79 Å². The Labute approximate surface area is 173 Å². The molecule has 29 heavy (non-hydrogen) atoms. The van der Waals surface area contributed by atoms with Crippen LogP contribution in [0.25, 0.3) is 22.1 Å². The Bertz CT molecular complexity index is 1230. The molecule has 0 radical (unpaired) electrons. The molecule has 4 rings (SSSR count). The van der Waals surface area contributed by atoms with Crippen LogP contribution in [0.3, 0.4) is 0 Å². The summed E-state index contributed by atoms with van der Waals surface area (Å²) in [6.07, 6.45) is 0. The molecule has 0 bridgehead atoms. The molecule has 0 atom stereocenters. The van der Waals surface area contributed by atoms with Crippen LogP contribution in [0.5, 0.6) is 11.5 Å². The highest BCUT2D eigenvalue weighted by atomic mass is 35.5. The first-order chi connectivity index (χ1) is 14.1. The van der Waals surface area contributed by atoms with E-state index in [-0.39, 0.29) is 5.43 Å². The average molecular weight is 407 g/mol. The number of ether oxygens (including phenoxy) is 2. The van der Waals surface area contributed by atoms with Crippen molar-refractivity contribution in [3.05, 3.63) is 93.3 Å². The third kappa shape index (κ3) is 3.84. The van der Waals surface area contributed by atoms with Crippen molar-refractivity contribution in [2.45, 2.75) is 13.5 Å². The van der Waals surface area contributed by atoms with Gasteiger partial charge in [-0.25, -0.2) is 0 Å². The van der Waals surface area contributed by atoms with E-state index in [1.807, 2.05) is 36.4 Å². The van der Waals surface area contributed by atoms with Gasteiger partial charge in [-0.05, 0) is 42.8 Å². The smallest absolute Gasteiger partial charge is 0.200 e. The predicted molar refractivity (Wildman–Crippen MR) is 115 cm³/mol. The summed E-state index contributed by atoms with van der Waals surface area (Å²) in [5, 5.41) is 1.12. The third-order valence-electron chi connectivity index (χ3n) is 4.76. The van der Waals surface area contributed by atoms with Crippen molar-refractivity contribution in [1.82, 2.24) is 0 Å². The highest BCUT2D eigenvalue weighted by Crippen LogP contribution is 2.28. The number of aryl methyl sites for hydroxylation is 1. The minimum Gasteiger partial charge on any atom is -0.496 e. The van der Waals surface area contributed by atoms with Crippen LogP contribution in [0, 0.1) is 6.92 Å². The first-order valence-corrected chi connectivity index (χ1v) is 9.52. The van der Waals surface area contributed by atoms with E-state index in [0.29, 0.717) is 39.7 Å². The molecule has 0 spiro atoms. The van der Waals surface area contributed by atoms with Crippen LogP contribution < -0.4 is 14.9 Å². The molecule has 4 nitrogen and oxygen atoms in total. The predicted octanol–water partition coefficient (Wildman–Crippen LogP) is 6.01. The van der Waals surface area contributed by atoms with Gasteiger partial charge in [-0.2, -0.15) is 0 Å². The molecule has 4 aromatic rings. The van der Waals surface area contributed by atoms with E-state index < -0.39 is 0 Å². The lowest BCUT2D eigenvalue weighted by atomic mass is 10.0. The summed E-state index contributed by atoms with van der Waals surface area (Å²) in [7, 11) is 1.63. The highest BCUT2D eigenvalue weighted by molar-refractivity contribution is 6.30. The van der Waals surface area contributed by atoms with Crippen molar-refractivity contribution in [2.75, 3.05) is 7.11 Å². The van der Waals surface area contributed by atoms with Crippen molar-refractivity contribution in [2.24, 2.45) is 0 Å². The van der Waals surface area contributed by atoms with Crippen LogP contribution in [0.1, 0.15) is 11.3 Å². The second-order valence-electron chi connectivity index (χ2n) is 6.63. The Morgan fingerprint density at radius 1 is 1.00 bits per heavy atom. The fourth-order valence-corrected chi connectivity index (χ4v) is 3.44. The minimum atomic E-state index is -0.0812. The van der Waals surface area contributed by atoms with Gasteiger partial charge in [0.25, 0.3) is 0 Å². The van der Waals surface area contributed by atoms with Crippen LogP contribution in [0.2, 0.25) is 5.02 Å². The Kier molecular flexibility index (Phi) is 5.28. The Morgan fingerprint density at radius 2 is 1.76 bits per heavy atom. The van der Waals surface area contributed by atoms with Crippen molar-refractivity contribution in [1.29, 1.82) is 0 Å². The summed E-state index contributed by atoms with van der Waals surface area (Å²) in [6, 6.07) is 20.1. The molecule has 0 N–H and O–H groups in total. The standard InChI is InChI=1S/C24H19ClO4/c1-15-23(16-7-9-18(25)10-8-16)24(26)20-12-11-19(13-22(20)29-15)28-14-17-5-3-4-6-21(17)27-2/h3-13H,14H2,1-2H3. The molecule has 0 aliphatic carbocycles. The van der Waals surface area contributed by atoms with E-state index in [2.05, 4.69) is 0 Å². The van der Waals surface area contributed by atoms with Crippen LogP contribution in [0.4, 0.5) is 0 Å². The van der Waals surface area contributed by atoms with Gasteiger partial charge in [-0.1, -0.05) is 41.9 Å². The lowest BCUT2D eigenvalue weighted by molar-refractivity contribution is 0.296. The molecule has 146 valence electrons. The van der Waals surface area contributed by atoms with E-state index in [0.717, 1.165) is 16.9 Å². The maximum Gasteiger partial charge on any atom is 0.200 e.